The van der Waals surface area contributed by atoms with Crippen LogP contribution < -0.4 is 0 Å². The first-order valence-corrected chi connectivity index (χ1v) is 4.50. The molecule has 1 rings (SSSR count). The molecule has 4 heteroatoms. The Balaban J connectivity index is 3.09. The molecule has 54 valence electrons. The molecular weight excluding hydrogens is 194 g/mol. The molecule has 0 N–H and O–H groups in total. The molecule has 0 aliphatic heterocycles. The van der Waals surface area contributed by atoms with Gasteiger partial charge in [0.1, 0.15) is 5.82 Å². The summed E-state index contributed by atoms with van der Waals surface area (Å²) in [6, 6.07) is 4.25. The lowest BCUT2D eigenvalue weighted by Gasteiger charge is -1.95. The lowest BCUT2D eigenvalue weighted by atomic mass is 10.3. The first kappa shape index (κ1) is 8.18. The molecule has 0 aromatic heterocycles. The summed E-state index contributed by atoms with van der Waals surface area (Å²) < 4.78 is 12.6. The van der Waals surface area contributed by atoms with Gasteiger partial charge >= 0.3 is 0 Å². The largest absolute Gasteiger partial charge is 0.206 e. The Labute approximate surface area is 71.8 Å². The van der Waals surface area contributed by atoms with Crippen molar-refractivity contribution in [1.82, 2.24) is 0 Å². The Hall–Kier alpha value is 0.0800. The fraction of sp³-hybridized carbons (Fsp3) is 0. The average Bonchev–Trinajstić information content (AvgIpc) is 1.94. The van der Waals surface area contributed by atoms with Crippen LogP contribution in [-0.2, 0) is 0 Å². The molecule has 0 unspecified atom stereocenters. The van der Waals surface area contributed by atoms with E-state index in [0.717, 1.165) is 11.0 Å². The Morgan fingerprint density at radius 3 is 2.60 bits per heavy atom. The van der Waals surface area contributed by atoms with Crippen molar-refractivity contribution in [3.63, 3.8) is 0 Å². The van der Waals surface area contributed by atoms with Crippen LogP contribution in [0.2, 0.25) is 5.02 Å². The molecule has 0 aliphatic carbocycles. The molecule has 0 atom stereocenters. The Morgan fingerprint density at radius 1 is 1.40 bits per heavy atom. The predicted octanol–water partition coefficient (Wildman–Crippen LogP) is 3.73. The summed E-state index contributed by atoms with van der Waals surface area (Å²) >= 11 is 5.56. The maximum atomic E-state index is 12.6. The van der Waals surface area contributed by atoms with E-state index in [1.807, 2.05) is 0 Å². The molecule has 0 amide bonds. The average molecular weight is 197 g/mol. The van der Waals surface area contributed by atoms with Gasteiger partial charge in [-0.3, -0.25) is 0 Å². The highest BCUT2D eigenvalue weighted by atomic mass is 35.7. The molecule has 0 aliphatic rings. The lowest BCUT2D eigenvalue weighted by molar-refractivity contribution is 0.602. The number of rotatable bonds is 1. The van der Waals surface area contributed by atoms with Crippen molar-refractivity contribution >= 4 is 33.3 Å². The summed E-state index contributed by atoms with van der Waals surface area (Å²) in [6.45, 7) is 0. The van der Waals surface area contributed by atoms with Crippen LogP contribution in [0.25, 0.3) is 0 Å². The van der Waals surface area contributed by atoms with Gasteiger partial charge in [-0.2, -0.15) is 0 Å². The van der Waals surface area contributed by atoms with E-state index in [1.54, 1.807) is 0 Å². The van der Waals surface area contributed by atoms with E-state index >= 15 is 0 Å². The maximum Gasteiger partial charge on any atom is 0.138 e. The highest BCUT2D eigenvalue weighted by Gasteiger charge is 2.00. The van der Waals surface area contributed by atoms with E-state index in [9.17, 15) is 4.39 Å². The molecule has 0 saturated heterocycles. The van der Waals surface area contributed by atoms with Gasteiger partial charge in [-0.1, -0.05) is 11.6 Å². The van der Waals surface area contributed by atoms with Gasteiger partial charge in [0.15, 0.2) is 0 Å². The molecule has 0 nitrogen and oxygen atoms in total. The van der Waals surface area contributed by atoms with Crippen LogP contribution in [0.5, 0.6) is 0 Å². The van der Waals surface area contributed by atoms with Crippen molar-refractivity contribution in [2.24, 2.45) is 0 Å². The third-order valence-electron chi connectivity index (χ3n) is 0.976. The molecule has 0 heterocycles. The SMILES string of the molecule is Fc1ccc(Cl)cc1SCl. The molecule has 0 fully saturated rings. The van der Waals surface area contributed by atoms with Crippen molar-refractivity contribution in [3.8, 4) is 0 Å². The number of halogens is 3. The van der Waals surface area contributed by atoms with E-state index in [0.29, 0.717) is 9.92 Å². The van der Waals surface area contributed by atoms with Gasteiger partial charge < -0.3 is 0 Å². The van der Waals surface area contributed by atoms with Crippen molar-refractivity contribution in [2.45, 2.75) is 4.90 Å². The van der Waals surface area contributed by atoms with Gasteiger partial charge in [0.25, 0.3) is 0 Å². The van der Waals surface area contributed by atoms with E-state index in [4.69, 9.17) is 22.3 Å². The zero-order chi connectivity index (χ0) is 7.56. The van der Waals surface area contributed by atoms with Crippen LogP contribution in [0.4, 0.5) is 4.39 Å². The molecule has 0 radical (unpaired) electrons. The second-order valence-electron chi connectivity index (χ2n) is 1.65. The second kappa shape index (κ2) is 3.46. The van der Waals surface area contributed by atoms with E-state index in [1.165, 1.54) is 18.2 Å². The first-order valence-electron chi connectivity index (χ1n) is 2.47. The summed E-state index contributed by atoms with van der Waals surface area (Å²) in [5.74, 6) is -0.343. The summed E-state index contributed by atoms with van der Waals surface area (Å²) in [6.07, 6.45) is 0. The molecule has 1 aromatic carbocycles. The van der Waals surface area contributed by atoms with Crippen LogP contribution in [0.3, 0.4) is 0 Å². The van der Waals surface area contributed by atoms with E-state index < -0.39 is 0 Å². The van der Waals surface area contributed by atoms with Crippen molar-refractivity contribution in [1.29, 1.82) is 0 Å². The van der Waals surface area contributed by atoms with Gasteiger partial charge in [-0.15, -0.1) is 0 Å². The first-order chi connectivity index (χ1) is 4.74. The fourth-order valence-corrected chi connectivity index (χ4v) is 1.44. The smallest absolute Gasteiger partial charge is 0.138 e. The molecule has 0 bridgehead atoms. The van der Waals surface area contributed by atoms with Crippen LogP contribution in [-0.4, -0.2) is 0 Å². The Morgan fingerprint density at radius 2 is 2.10 bits per heavy atom. The molecule has 0 spiro atoms. The highest BCUT2D eigenvalue weighted by molar-refractivity contribution is 8.21. The van der Waals surface area contributed by atoms with Crippen LogP contribution in [0.15, 0.2) is 23.1 Å². The van der Waals surface area contributed by atoms with Crippen molar-refractivity contribution in [3.05, 3.63) is 29.0 Å². The summed E-state index contributed by atoms with van der Waals surface area (Å²) in [4.78, 5) is 0.356. The number of hydrogen-bond donors (Lipinski definition) is 0. The standard InChI is InChI=1S/C6H3Cl2FS/c7-4-1-2-5(9)6(3-4)10-8/h1-3H. The fourth-order valence-electron chi connectivity index (χ4n) is 0.536. The molecule has 0 saturated carbocycles. The summed E-state index contributed by atoms with van der Waals surface area (Å²) in [5, 5.41) is 0.490. The number of hydrogen-bond acceptors (Lipinski definition) is 1. The normalized spacial score (nSPS) is 9.90. The van der Waals surface area contributed by atoms with Crippen molar-refractivity contribution in [2.75, 3.05) is 0 Å². The van der Waals surface area contributed by atoms with Gasteiger partial charge in [0, 0.05) is 5.02 Å². The minimum absolute atomic E-state index is 0.343. The van der Waals surface area contributed by atoms with Crippen LogP contribution in [0.1, 0.15) is 0 Å². The third kappa shape index (κ3) is 1.78. The predicted molar refractivity (Wildman–Crippen MR) is 43.1 cm³/mol. The summed E-state index contributed by atoms with van der Waals surface area (Å²) in [5.41, 5.74) is 0. The molecular formula is C6H3Cl2FS. The Bertz CT molecular complexity index is 239. The maximum absolute atomic E-state index is 12.6. The Kier molecular flexibility index (Phi) is 2.83. The minimum Gasteiger partial charge on any atom is -0.206 e. The van der Waals surface area contributed by atoms with Gasteiger partial charge in [-0.05, 0) is 39.9 Å². The minimum atomic E-state index is -0.343. The second-order valence-corrected chi connectivity index (χ2v) is 3.15. The third-order valence-corrected chi connectivity index (χ3v) is 2.19. The lowest BCUT2D eigenvalue weighted by Crippen LogP contribution is -1.76. The van der Waals surface area contributed by atoms with Crippen LogP contribution >= 0.6 is 33.3 Å². The van der Waals surface area contributed by atoms with Crippen LogP contribution in [0, 0.1) is 5.82 Å². The molecule has 1 aromatic rings. The quantitative estimate of drug-likeness (QED) is 0.660. The van der Waals surface area contributed by atoms with Gasteiger partial charge in [0.05, 0.1) is 4.90 Å². The topological polar surface area (TPSA) is 0 Å². The van der Waals surface area contributed by atoms with E-state index in [2.05, 4.69) is 0 Å². The van der Waals surface area contributed by atoms with Crippen molar-refractivity contribution < 1.29 is 4.39 Å². The zero-order valence-corrected chi connectivity index (χ0v) is 7.10. The highest BCUT2D eigenvalue weighted by Crippen LogP contribution is 2.27. The number of benzene rings is 1. The van der Waals surface area contributed by atoms with Gasteiger partial charge in [-0.25, -0.2) is 4.39 Å². The van der Waals surface area contributed by atoms with E-state index in [-0.39, 0.29) is 5.82 Å². The van der Waals surface area contributed by atoms with Gasteiger partial charge in [0.2, 0.25) is 0 Å². The molecule has 10 heavy (non-hydrogen) atoms. The zero-order valence-electron chi connectivity index (χ0n) is 4.77. The summed E-state index contributed by atoms with van der Waals surface area (Å²) in [7, 11) is 6.14. The monoisotopic (exact) mass is 196 g/mol.